The number of carbonyl (C=O) groups is 1. The molecule has 3 rings (SSSR count). The average molecular weight is 345 g/mol. The van der Waals surface area contributed by atoms with Crippen molar-refractivity contribution in [2.45, 2.75) is 25.1 Å². The Balaban J connectivity index is 1.84. The van der Waals surface area contributed by atoms with Gasteiger partial charge in [-0.05, 0) is 29.9 Å². The van der Waals surface area contributed by atoms with E-state index in [2.05, 4.69) is 5.32 Å². The van der Waals surface area contributed by atoms with E-state index in [-0.39, 0.29) is 17.5 Å². The van der Waals surface area contributed by atoms with Gasteiger partial charge in [0.1, 0.15) is 0 Å². The molecule has 1 amide bonds. The Morgan fingerprint density at radius 3 is 2.08 bits per heavy atom. The highest BCUT2D eigenvalue weighted by atomic mass is 19.4. The second kappa shape index (κ2) is 7.13. The van der Waals surface area contributed by atoms with E-state index in [0.717, 1.165) is 18.4 Å². The summed E-state index contributed by atoms with van der Waals surface area (Å²) in [5.74, 6) is -0.442. The van der Waals surface area contributed by atoms with Crippen LogP contribution in [0.5, 0.6) is 0 Å². The summed E-state index contributed by atoms with van der Waals surface area (Å²) in [7, 11) is 0. The maximum atomic E-state index is 13.3. The molecule has 25 heavy (non-hydrogen) atoms. The molecule has 1 aliphatic carbocycles. The maximum absolute atomic E-state index is 13.3. The van der Waals surface area contributed by atoms with Crippen LogP contribution < -0.4 is 5.32 Å². The predicted octanol–water partition coefficient (Wildman–Crippen LogP) is 4.90. The van der Waals surface area contributed by atoms with E-state index < -0.39 is 17.7 Å². The van der Waals surface area contributed by atoms with Gasteiger partial charge in [-0.3, -0.25) is 4.79 Å². The van der Waals surface area contributed by atoms with Gasteiger partial charge in [0, 0.05) is 6.08 Å². The van der Waals surface area contributed by atoms with Crippen molar-refractivity contribution in [2.24, 2.45) is 5.92 Å². The van der Waals surface area contributed by atoms with E-state index in [1.165, 1.54) is 24.3 Å². The minimum absolute atomic E-state index is 0.0205. The van der Waals surface area contributed by atoms with Gasteiger partial charge in [0.15, 0.2) is 0 Å². The summed E-state index contributed by atoms with van der Waals surface area (Å²) in [4.78, 5) is 12.3. The molecule has 2 aromatic rings. The first-order valence-electron chi connectivity index (χ1n) is 8.15. The van der Waals surface area contributed by atoms with Crippen LogP contribution in [0, 0.1) is 5.92 Å². The molecule has 1 saturated carbocycles. The monoisotopic (exact) mass is 345 g/mol. The summed E-state index contributed by atoms with van der Waals surface area (Å²) < 4.78 is 40.0. The first kappa shape index (κ1) is 17.3. The van der Waals surface area contributed by atoms with Crippen molar-refractivity contribution in [1.82, 2.24) is 5.32 Å². The molecular formula is C20H18F3NO. The van der Waals surface area contributed by atoms with Crippen molar-refractivity contribution in [3.63, 3.8) is 0 Å². The lowest BCUT2D eigenvalue weighted by atomic mass is 10.0. The number of rotatable bonds is 5. The topological polar surface area (TPSA) is 29.1 Å². The van der Waals surface area contributed by atoms with Gasteiger partial charge in [-0.25, -0.2) is 0 Å². The lowest BCUT2D eigenvalue weighted by Gasteiger charge is -2.19. The number of carbonyl (C=O) groups excluding carboxylic acids is 1. The smallest absolute Gasteiger partial charge is 0.345 e. The van der Waals surface area contributed by atoms with E-state index in [4.69, 9.17) is 0 Å². The van der Waals surface area contributed by atoms with Crippen molar-refractivity contribution in [3.05, 3.63) is 77.9 Å². The molecular weight excluding hydrogens is 327 g/mol. The SMILES string of the molecule is O=C(/C=C(\c1ccccc1)C(F)(F)F)N[C@H](c1ccccc1)C1CC1. The molecule has 0 radical (unpaired) electrons. The Labute approximate surface area is 144 Å². The zero-order chi connectivity index (χ0) is 17.9. The van der Waals surface area contributed by atoms with Gasteiger partial charge in [-0.2, -0.15) is 13.2 Å². The standard InChI is InChI=1S/C20H18F3NO/c21-20(22,23)17(14-7-3-1-4-8-14)13-18(25)24-19(16-11-12-16)15-9-5-2-6-10-15/h1-10,13,16,19H,11-12H2,(H,24,25)/b17-13+/t19-/m1/s1. The molecule has 1 fully saturated rings. The third-order valence-electron chi connectivity index (χ3n) is 4.22. The van der Waals surface area contributed by atoms with Crippen LogP contribution in [0.25, 0.3) is 5.57 Å². The van der Waals surface area contributed by atoms with Crippen LogP contribution in [0.4, 0.5) is 13.2 Å². The number of allylic oxidation sites excluding steroid dienone is 1. The van der Waals surface area contributed by atoms with Crippen molar-refractivity contribution in [1.29, 1.82) is 0 Å². The van der Waals surface area contributed by atoms with Gasteiger partial charge < -0.3 is 5.32 Å². The molecule has 130 valence electrons. The number of hydrogen-bond donors (Lipinski definition) is 1. The Morgan fingerprint density at radius 1 is 1.00 bits per heavy atom. The Hall–Kier alpha value is -2.56. The fourth-order valence-corrected chi connectivity index (χ4v) is 2.84. The lowest BCUT2D eigenvalue weighted by Crippen LogP contribution is -2.29. The Morgan fingerprint density at radius 2 is 1.56 bits per heavy atom. The number of hydrogen-bond acceptors (Lipinski definition) is 1. The zero-order valence-electron chi connectivity index (χ0n) is 13.5. The molecule has 0 bridgehead atoms. The van der Waals surface area contributed by atoms with Crippen LogP contribution in [-0.2, 0) is 4.79 Å². The van der Waals surface area contributed by atoms with Gasteiger partial charge >= 0.3 is 6.18 Å². The third-order valence-corrected chi connectivity index (χ3v) is 4.22. The van der Waals surface area contributed by atoms with Crippen LogP contribution in [0.3, 0.4) is 0 Å². The average Bonchev–Trinajstić information content (AvgIpc) is 3.43. The Bertz CT molecular complexity index is 750. The summed E-state index contributed by atoms with van der Waals surface area (Å²) >= 11 is 0. The molecule has 0 spiro atoms. The molecule has 0 aromatic heterocycles. The molecule has 1 N–H and O–H groups in total. The summed E-state index contributed by atoms with van der Waals surface area (Å²) in [5, 5.41) is 2.75. The third kappa shape index (κ3) is 4.50. The predicted molar refractivity (Wildman–Crippen MR) is 90.5 cm³/mol. The number of halogens is 3. The van der Waals surface area contributed by atoms with E-state index >= 15 is 0 Å². The van der Waals surface area contributed by atoms with E-state index in [9.17, 15) is 18.0 Å². The first-order valence-corrected chi connectivity index (χ1v) is 8.15. The Kier molecular flexibility index (Phi) is 4.93. The summed E-state index contributed by atoms with van der Waals surface area (Å²) in [6.07, 6.45) is -2.00. The van der Waals surface area contributed by atoms with Crippen molar-refractivity contribution >= 4 is 11.5 Å². The van der Waals surface area contributed by atoms with Crippen molar-refractivity contribution < 1.29 is 18.0 Å². The largest absolute Gasteiger partial charge is 0.417 e. The molecule has 0 saturated heterocycles. The normalized spacial score (nSPS) is 16.4. The number of benzene rings is 2. The molecule has 2 aromatic carbocycles. The van der Waals surface area contributed by atoms with Crippen LogP contribution in [0.1, 0.15) is 30.0 Å². The fourth-order valence-electron chi connectivity index (χ4n) is 2.84. The van der Waals surface area contributed by atoms with Crippen LogP contribution in [0.2, 0.25) is 0 Å². The van der Waals surface area contributed by atoms with Crippen LogP contribution >= 0.6 is 0 Å². The highest BCUT2D eigenvalue weighted by Crippen LogP contribution is 2.41. The summed E-state index contributed by atoms with van der Waals surface area (Å²) in [6, 6.07) is 16.5. The first-order chi connectivity index (χ1) is 11.9. The highest BCUT2D eigenvalue weighted by Gasteiger charge is 2.36. The minimum atomic E-state index is -4.60. The number of amides is 1. The quantitative estimate of drug-likeness (QED) is 0.767. The molecule has 0 aliphatic heterocycles. The molecule has 1 aliphatic rings. The van der Waals surface area contributed by atoms with Crippen molar-refractivity contribution in [2.75, 3.05) is 0 Å². The van der Waals surface area contributed by atoms with Gasteiger partial charge in [0.05, 0.1) is 11.6 Å². The van der Waals surface area contributed by atoms with E-state index in [0.29, 0.717) is 6.08 Å². The van der Waals surface area contributed by atoms with E-state index in [1.807, 2.05) is 30.3 Å². The van der Waals surface area contributed by atoms with Crippen molar-refractivity contribution in [3.8, 4) is 0 Å². The fraction of sp³-hybridized carbons (Fsp3) is 0.250. The molecule has 0 unspecified atom stereocenters. The minimum Gasteiger partial charge on any atom is -0.345 e. The molecule has 1 atom stereocenters. The van der Waals surface area contributed by atoms with Gasteiger partial charge in [0.2, 0.25) is 5.91 Å². The second-order valence-corrected chi connectivity index (χ2v) is 6.16. The molecule has 5 heteroatoms. The van der Waals surface area contributed by atoms with Gasteiger partial charge in [-0.1, -0.05) is 60.7 Å². The van der Waals surface area contributed by atoms with Gasteiger partial charge in [0.25, 0.3) is 0 Å². The number of alkyl halides is 3. The summed E-state index contributed by atoms with van der Waals surface area (Å²) in [6.45, 7) is 0. The maximum Gasteiger partial charge on any atom is 0.417 e. The second-order valence-electron chi connectivity index (χ2n) is 6.16. The summed E-state index contributed by atoms with van der Waals surface area (Å²) in [5.41, 5.74) is -0.0407. The zero-order valence-corrected chi connectivity index (χ0v) is 13.5. The van der Waals surface area contributed by atoms with Crippen LogP contribution in [0.15, 0.2) is 66.7 Å². The lowest BCUT2D eigenvalue weighted by molar-refractivity contribution is -0.117. The molecule has 2 nitrogen and oxygen atoms in total. The number of nitrogens with one attached hydrogen (secondary N) is 1. The highest BCUT2D eigenvalue weighted by molar-refractivity contribution is 5.96. The van der Waals surface area contributed by atoms with E-state index in [1.54, 1.807) is 6.07 Å². The molecule has 0 heterocycles. The van der Waals surface area contributed by atoms with Gasteiger partial charge in [-0.15, -0.1) is 0 Å². The van der Waals surface area contributed by atoms with Crippen LogP contribution in [-0.4, -0.2) is 12.1 Å².